The number of amides is 1. The number of carbonyl (C=O) groups is 2. The molecule has 28 heavy (non-hydrogen) atoms. The van der Waals surface area contributed by atoms with Gasteiger partial charge in [-0.3, -0.25) is 4.79 Å². The normalized spacial score (nSPS) is 16.5. The van der Waals surface area contributed by atoms with Crippen LogP contribution in [0.5, 0.6) is 0 Å². The minimum Gasteiger partial charge on any atom is -0.465 e. The van der Waals surface area contributed by atoms with Gasteiger partial charge in [-0.1, -0.05) is 13.0 Å². The smallest absolute Gasteiger partial charge is 0.337 e. The molecular formula is C21H26N4O3. The van der Waals surface area contributed by atoms with Gasteiger partial charge >= 0.3 is 5.97 Å². The molecule has 0 spiro atoms. The molecule has 148 valence electrons. The number of carbonyl (C=O) groups excluding carboxylic acids is 2. The summed E-state index contributed by atoms with van der Waals surface area (Å²) in [5, 5.41) is 3.09. The molecule has 0 radical (unpaired) electrons. The van der Waals surface area contributed by atoms with E-state index in [0.29, 0.717) is 28.6 Å². The van der Waals surface area contributed by atoms with Gasteiger partial charge in [0.1, 0.15) is 5.69 Å². The second-order valence-electron chi connectivity index (χ2n) is 6.97. The summed E-state index contributed by atoms with van der Waals surface area (Å²) in [6.07, 6.45) is 4.17. The van der Waals surface area contributed by atoms with Crippen molar-refractivity contribution >= 4 is 23.5 Å². The second kappa shape index (κ2) is 8.82. The standard InChI is InChI=1S/C21H26N4O3/c1-4-17-10-5-6-11-25(17)19(26)18-12-14(2)22-21(24-18)23-16-9-7-8-15(13-16)20(27)28-3/h7-9,12-13,17H,4-6,10-11H2,1-3H3,(H,22,23,24). The van der Waals surface area contributed by atoms with Crippen molar-refractivity contribution in [2.45, 2.75) is 45.6 Å². The van der Waals surface area contributed by atoms with Gasteiger partial charge in [-0.25, -0.2) is 14.8 Å². The predicted octanol–water partition coefficient (Wildman–Crippen LogP) is 3.72. The first-order valence-electron chi connectivity index (χ1n) is 9.64. The summed E-state index contributed by atoms with van der Waals surface area (Å²) < 4.78 is 4.75. The van der Waals surface area contributed by atoms with Crippen molar-refractivity contribution in [3.8, 4) is 0 Å². The van der Waals surface area contributed by atoms with Crippen LogP contribution in [-0.4, -0.2) is 46.4 Å². The second-order valence-corrected chi connectivity index (χ2v) is 6.97. The number of methoxy groups -OCH3 is 1. The summed E-state index contributed by atoms with van der Waals surface area (Å²) in [4.78, 5) is 35.5. The van der Waals surface area contributed by atoms with Crippen LogP contribution in [0.1, 0.15) is 59.1 Å². The number of aryl methyl sites for hydroxylation is 1. The first-order valence-corrected chi connectivity index (χ1v) is 9.64. The highest BCUT2D eigenvalue weighted by Gasteiger charge is 2.27. The van der Waals surface area contributed by atoms with Crippen LogP contribution >= 0.6 is 0 Å². The minimum atomic E-state index is -0.416. The molecule has 0 bridgehead atoms. The van der Waals surface area contributed by atoms with Crippen LogP contribution in [0.3, 0.4) is 0 Å². The van der Waals surface area contributed by atoms with Crippen LogP contribution in [0.15, 0.2) is 30.3 Å². The van der Waals surface area contributed by atoms with E-state index in [9.17, 15) is 9.59 Å². The molecule has 1 atom stereocenters. The van der Waals surface area contributed by atoms with Gasteiger partial charge in [0.05, 0.1) is 12.7 Å². The maximum absolute atomic E-state index is 13.1. The van der Waals surface area contributed by atoms with E-state index in [-0.39, 0.29) is 11.9 Å². The molecular weight excluding hydrogens is 356 g/mol. The Labute approximate surface area is 165 Å². The van der Waals surface area contributed by atoms with E-state index < -0.39 is 5.97 Å². The van der Waals surface area contributed by atoms with Gasteiger partial charge in [0, 0.05) is 24.0 Å². The van der Waals surface area contributed by atoms with Crippen molar-refractivity contribution in [3.05, 3.63) is 47.3 Å². The van der Waals surface area contributed by atoms with Crippen molar-refractivity contribution in [3.63, 3.8) is 0 Å². The predicted molar refractivity (Wildman–Crippen MR) is 107 cm³/mol. The number of ether oxygens (including phenoxy) is 1. The zero-order valence-electron chi connectivity index (χ0n) is 16.6. The van der Waals surface area contributed by atoms with Crippen molar-refractivity contribution < 1.29 is 14.3 Å². The lowest BCUT2D eigenvalue weighted by molar-refractivity contribution is 0.0593. The van der Waals surface area contributed by atoms with Crippen LogP contribution < -0.4 is 5.32 Å². The van der Waals surface area contributed by atoms with Crippen molar-refractivity contribution in [1.29, 1.82) is 0 Å². The molecule has 1 N–H and O–H groups in total. The first-order chi connectivity index (χ1) is 13.5. The van der Waals surface area contributed by atoms with Crippen LogP contribution in [0, 0.1) is 6.92 Å². The monoisotopic (exact) mass is 382 g/mol. The molecule has 2 aromatic rings. The molecule has 1 aromatic heterocycles. The fourth-order valence-corrected chi connectivity index (χ4v) is 3.54. The molecule has 2 heterocycles. The van der Waals surface area contributed by atoms with E-state index in [2.05, 4.69) is 22.2 Å². The number of rotatable bonds is 5. The molecule has 1 aliphatic heterocycles. The van der Waals surface area contributed by atoms with Gasteiger partial charge in [0.25, 0.3) is 5.91 Å². The van der Waals surface area contributed by atoms with Gasteiger partial charge in [0.2, 0.25) is 5.95 Å². The number of anilines is 2. The number of aromatic nitrogens is 2. The largest absolute Gasteiger partial charge is 0.465 e. The Balaban J connectivity index is 1.83. The van der Waals surface area contributed by atoms with E-state index in [1.165, 1.54) is 7.11 Å². The maximum atomic E-state index is 13.1. The molecule has 1 saturated heterocycles. The zero-order chi connectivity index (χ0) is 20.1. The Morgan fingerprint density at radius 2 is 2.07 bits per heavy atom. The molecule has 3 rings (SSSR count). The third kappa shape index (κ3) is 4.47. The van der Waals surface area contributed by atoms with Crippen LogP contribution in [0.2, 0.25) is 0 Å². The van der Waals surface area contributed by atoms with Gasteiger partial charge in [-0.15, -0.1) is 0 Å². The Hall–Kier alpha value is -2.96. The number of benzene rings is 1. The molecule has 7 heteroatoms. The topological polar surface area (TPSA) is 84.4 Å². The number of nitrogens with zero attached hydrogens (tertiary/aromatic N) is 3. The maximum Gasteiger partial charge on any atom is 0.337 e. The minimum absolute atomic E-state index is 0.0524. The van der Waals surface area contributed by atoms with Crippen LogP contribution in [-0.2, 0) is 4.74 Å². The van der Waals surface area contributed by atoms with Crippen molar-refractivity contribution in [1.82, 2.24) is 14.9 Å². The number of hydrogen-bond acceptors (Lipinski definition) is 6. The quantitative estimate of drug-likeness (QED) is 0.794. The van der Waals surface area contributed by atoms with Gasteiger partial charge < -0.3 is 15.0 Å². The number of hydrogen-bond donors (Lipinski definition) is 1. The average Bonchev–Trinajstić information content (AvgIpc) is 2.72. The number of esters is 1. The molecule has 0 aliphatic carbocycles. The summed E-state index contributed by atoms with van der Waals surface area (Å²) in [6, 6.07) is 8.87. The van der Waals surface area contributed by atoms with Crippen molar-refractivity contribution in [2.24, 2.45) is 0 Å². The lowest BCUT2D eigenvalue weighted by atomic mass is 9.99. The fraction of sp³-hybridized carbons (Fsp3) is 0.429. The SMILES string of the molecule is CCC1CCCCN1C(=O)c1cc(C)nc(Nc2cccc(C(=O)OC)c2)n1. The number of likely N-dealkylation sites (tertiary alicyclic amines) is 1. The Kier molecular flexibility index (Phi) is 6.23. The Morgan fingerprint density at radius 3 is 2.82 bits per heavy atom. The molecule has 1 aromatic carbocycles. The first kappa shape index (κ1) is 19.8. The van der Waals surface area contributed by atoms with E-state index in [0.717, 1.165) is 32.2 Å². The molecule has 1 aliphatic rings. The lowest BCUT2D eigenvalue weighted by Crippen LogP contribution is -2.43. The fourth-order valence-electron chi connectivity index (χ4n) is 3.54. The van der Waals surface area contributed by atoms with Crippen LogP contribution in [0.4, 0.5) is 11.6 Å². The van der Waals surface area contributed by atoms with Gasteiger partial charge in [0.15, 0.2) is 0 Å². The van der Waals surface area contributed by atoms with E-state index >= 15 is 0 Å². The summed E-state index contributed by atoms with van der Waals surface area (Å²) in [5.74, 6) is -0.140. The molecule has 0 saturated carbocycles. The third-order valence-electron chi connectivity index (χ3n) is 4.97. The van der Waals surface area contributed by atoms with Gasteiger partial charge in [-0.05, 0) is 56.9 Å². The summed E-state index contributed by atoms with van der Waals surface area (Å²) >= 11 is 0. The summed E-state index contributed by atoms with van der Waals surface area (Å²) in [7, 11) is 1.34. The third-order valence-corrected chi connectivity index (χ3v) is 4.97. The van der Waals surface area contributed by atoms with Gasteiger partial charge in [-0.2, -0.15) is 0 Å². The lowest BCUT2D eigenvalue weighted by Gasteiger charge is -2.35. The number of piperidine rings is 1. The Morgan fingerprint density at radius 1 is 1.25 bits per heavy atom. The number of nitrogens with one attached hydrogen (secondary N) is 1. The van der Waals surface area contributed by atoms with Crippen molar-refractivity contribution in [2.75, 3.05) is 19.0 Å². The highest BCUT2D eigenvalue weighted by Crippen LogP contribution is 2.22. The summed E-state index contributed by atoms with van der Waals surface area (Å²) in [5.41, 5.74) is 2.17. The molecule has 1 unspecified atom stereocenters. The van der Waals surface area contributed by atoms with E-state index in [1.807, 2.05) is 11.8 Å². The summed E-state index contributed by atoms with van der Waals surface area (Å²) in [6.45, 7) is 4.72. The molecule has 7 nitrogen and oxygen atoms in total. The zero-order valence-corrected chi connectivity index (χ0v) is 16.6. The highest BCUT2D eigenvalue weighted by atomic mass is 16.5. The highest BCUT2D eigenvalue weighted by molar-refractivity contribution is 5.93. The molecule has 1 fully saturated rings. The van der Waals surface area contributed by atoms with E-state index in [1.54, 1.807) is 30.3 Å². The Bertz CT molecular complexity index is 868. The average molecular weight is 382 g/mol. The van der Waals surface area contributed by atoms with Crippen LogP contribution in [0.25, 0.3) is 0 Å². The molecule has 1 amide bonds. The van der Waals surface area contributed by atoms with E-state index in [4.69, 9.17) is 4.74 Å².